The fraction of sp³-hybridized carbons (Fsp3) is 0.526. The summed E-state index contributed by atoms with van der Waals surface area (Å²) in [5, 5.41) is 11.5. The Balaban J connectivity index is 1.53. The smallest absolute Gasteiger partial charge is 0.322 e. The van der Waals surface area contributed by atoms with Gasteiger partial charge in [0.15, 0.2) is 5.82 Å². The van der Waals surface area contributed by atoms with E-state index in [0.29, 0.717) is 17.5 Å². The first-order chi connectivity index (χ1) is 12.8. The van der Waals surface area contributed by atoms with Crippen LogP contribution in [0.25, 0.3) is 0 Å². The van der Waals surface area contributed by atoms with Gasteiger partial charge in [0, 0.05) is 12.6 Å². The van der Waals surface area contributed by atoms with Crippen LogP contribution in [-0.2, 0) is 0 Å². The maximum Gasteiger partial charge on any atom is 0.322 e. The number of hydrogen-bond acceptors (Lipinski definition) is 4. The van der Waals surface area contributed by atoms with Crippen LogP contribution < -0.4 is 10.1 Å². The van der Waals surface area contributed by atoms with Crippen molar-refractivity contribution < 1.29 is 9.53 Å². The van der Waals surface area contributed by atoms with Gasteiger partial charge in [-0.25, -0.2) is 4.79 Å². The minimum Gasteiger partial charge on any atom is -0.495 e. The number of aromatic nitrogens is 3. The molecule has 1 aliphatic carbocycles. The number of benzene rings is 1. The van der Waals surface area contributed by atoms with Crippen molar-refractivity contribution in [1.29, 1.82) is 0 Å². The normalized spacial score (nSPS) is 20.5. The molecule has 2 fully saturated rings. The van der Waals surface area contributed by atoms with Crippen molar-refractivity contribution in [3.63, 3.8) is 0 Å². The van der Waals surface area contributed by atoms with Gasteiger partial charge in [0.1, 0.15) is 12.1 Å². The van der Waals surface area contributed by atoms with E-state index in [-0.39, 0.29) is 12.1 Å². The summed E-state index contributed by atoms with van der Waals surface area (Å²) in [5.41, 5.74) is 0.683. The lowest BCUT2D eigenvalue weighted by molar-refractivity contribution is 0.202. The zero-order chi connectivity index (χ0) is 17.9. The number of nitrogens with zero attached hydrogens (tertiary/aromatic N) is 4. The zero-order valence-corrected chi connectivity index (χ0v) is 15.1. The first-order valence-electron chi connectivity index (χ1n) is 9.38. The van der Waals surface area contributed by atoms with Crippen molar-refractivity contribution >= 4 is 11.7 Å². The maximum atomic E-state index is 12.9. The number of anilines is 1. The summed E-state index contributed by atoms with van der Waals surface area (Å²) in [6.07, 6.45) is 8.58. The van der Waals surface area contributed by atoms with Gasteiger partial charge in [0.05, 0.1) is 18.8 Å². The van der Waals surface area contributed by atoms with Crippen LogP contribution >= 0.6 is 0 Å². The highest BCUT2D eigenvalue weighted by Crippen LogP contribution is 2.36. The van der Waals surface area contributed by atoms with Gasteiger partial charge in [0.25, 0.3) is 0 Å². The lowest BCUT2D eigenvalue weighted by atomic mass is 10.2. The predicted molar refractivity (Wildman–Crippen MR) is 98.2 cm³/mol. The Morgan fingerprint density at radius 1 is 1.19 bits per heavy atom. The van der Waals surface area contributed by atoms with Crippen LogP contribution in [0.2, 0.25) is 0 Å². The Labute approximate surface area is 153 Å². The van der Waals surface area contributed by atoms with Crippen molar-refractivity contribution in [2.75, 3.05) is 19.0 Å². The third-order valence-electron chi connectivity index (χ3n) is 5.48. The highest BCUT2D eigenvalue weighted by Gasteiger charge is 2.35. The van der Waals surface area contributed by atoms with E-state index in [1.165, 1.54) is 25.7 Å². The molecule has 7 nitrogen and oxygen atoms in total. The zero-order valence-electron chi connectivity index (χ0n) is 15.1. The highest BCUT2D eigenvalue weighted by atomic mass is 16.5. The van der Waals surface area contributed by atoms with Crippen molar-refractivity contribution in [1.82, 2.24) is 19.7 Å². The van der Waals surface area contributed by atoms with E-state index >= 15 is 0 Å². The molecule has 1 aromatic heterocycles. The van der Waals surface area contributed by atoms with Crippen molar-refractivity contribution in [3.05, 3.63) is 36.4 Å². The number of methoxy groups -OCH3 is 1. The molecule has 7 heteroatoms. The molecule has 1 unspecified atom stereocenters. The number of hydrogen-bond donors (Lipinski definition) is 1. The van der Waals surface area contributed by atoms with E-state index in [4.69, 9.17) is 4.74 Å². The fourth-order valence-corrected chi connectivity index (χ4v) is 4.17. The van der Waals surface area contributed by atoms with Gasteiger partial charge < -0.3 is 19.5 Å². The second-order valence-electron chi connectivity index (χ2n) is 7.02. The molecule has 0 radical (unpaired) electrons. The Kier molecular flexibility index (Phi) is 4.77. The molecule has 2 amide bonds. The largest absolute Gasteiger partial charge is 0.495 e. The average Bonchev–Trinajstić information content (AvgIpc) is 3.41. The molecule has 0 spiro atoms. The number of carbonyl (C=O) groups is 1. The number of carbonyl (C=O) groups excluding carboxylic acids is 1. The monoisotopic (exact) mass is 355 g/mol. The number of nitrogens with one attached hydrogen (secondary N) is 1. The summed E-state index contributed by atoms with van der Waals surface area (Å²) in [7, 11) is 1.60. The molecule has 1 aliphatic heterocycles. The van der Waals surface area contributed by atoms with Crippen LogP contribution in [0.15, 0.2) is 30.6 Å². The quantitative estimate of drug-likeness (QED) is 0.906. The minimum absolute atomic E-state index is 0.0205. The Morgan fingerprint density at radius 3 is 2.81 bits per heavy atom. The SMILES string of the molecule is COc1ccccc1NC(=O)N1CCCC1c1nncn1C1CCCC1. The summed E-state index contributed by atoms with van der Waals surface area (Å²) in [6.45, 7) is 0.725. The number of rotatable bonds is 4. The molecular formula is C19H25N5O2. The lowest BCUT2D eigenvalue weighted by Crippen LogP contribution is -2.35. The molecular weight excluding hydrogens is 330 g/mol. The minimum atomic E-state index is -0.113. The van der Waals surface area contributed by atoms with E-state index < -0.39 is 0 Å². The summed E-state index contributed by atoms with van der Waals surface area (Å²) >= 11 is 0. The standard InChI is InChI=1S/C19H25N5O2/c1-26-17-11-5-4-9-15(17)21-19(25)23-12-6-10-16(23)18-22-20-13-24(18)14-7-2-3-8-14/h4-5,9,11,13-14,16H,2-3,6-8,10,12H2,1H3,(H,21,25). The second-order valence-corrected chi connectivity index (χ2v) is 7.02. The van der Waals surface area contributed by atoms with E-state index in [2.05, 4.69) is 20.1 Å². The molecule has 26 heavy (non-hydrogen) atoms. The fourth-order valence-electron chi connectivity index (χ4n) is 4.17. The van der Waals surface area contributed by atoms with Crippen molar-refractivity contribution in [2.24, 2.45) is 0 Å². The van der Waals surface area contributed by atoms with Gasteiger partial charge in [-0.2, -0.15) is 0 Å². The van der Waals surface area contributed by atoms with Gasteiger partial charge in [-0.15, -0.1) is 10.2 Å². The number of ether oxygens (including phenoxy) is 1. The molecule has 1 saturated carbocycles. The summed E-state index contributed by atoms with van der Waals surface area (Å²) in [5.74, 6) is 1.58. The van der Waals surface area contributed by atoms with E-state index in [1.54, 1.807) is 7.11 Å². The Bertz CT molecular complexity index is 769. The average molecular weight is 355 g/mol. The maximum absolute atomic E-state index is 12.9. The number of para-hydroxylation sites is 2. The van der Waals surface area contributed by atoms with Gasteiger partial charge >= 0.3 is 6.03 Å². The molecule has 4 rings (SSSR count). The Morgan fingerprint density at radius 2 is 2.00 bits per heavy atom. The molecule has 1 N–H and O–H groups in total. The van der Waals surface area contributed by atoms with Crippen LogP contribution in [0.4, 0.5) is 10.5 Å². The topological polar surface area (TPSA) is 72.3 Å². The van der Waals surface area contributed by atoms with Gasteiger partial charge in [-0.1, -0.05) is 25.0 Å². The molecule has 0 bridgehead atoms. The van der Waals surface area contributed by atoms with E-state index in [1.807, 2.05) is 35.5 Å². The molecule has 1 atom stereocenters. The predicted octanol–water partition coefficient (Wildman–Crippen LogP) is 3.77. The third-order valence-corrected chi connectivity index (χ3v) is 5.48. The summed E-state index contributed by atoms with van der Waals surface area (Å²) in [4.78, 5) is 14.8. The molecule has 138 valence electrons. The van der Waals surface area contributed by atoms with Crippen LogP contribution in [0.5, 0.6) is 5.75 Å². The van der Waals surface area contributed by atoms with Gasteiger partial charge in [-0.05, 0) is 37.8 Å². The second kappa shape index (κ2) is 7.35. The van der Waals surface area contributed by atoms with Crippen LogP contribution in [0.3, 0.4) is 0 Å². The molecule has 2 aromatic rings. The number of urea groups is 1. The summed E-state index contributed by atoms with van der Waals surface area (Å²) < 4.78 is 7.54. The first kappa shape index (κ1) is 16.9. The summed E-state index contributed by atoms with van der Waals surface area (Å²) in [6, 6.07) is 7.80. The number of amides is 2. The molecule has 2 heterocycles. The van der Waals surface area contributed by atoms with Gasteiger partial charge in [0.2, 0.25) is 0 Å². The third kappa shape index (κ3) is 3.13. The van der Waals surface area contributed by atoms with E-state index in [0.717, 1.165) is 25.2 Å². The molecule has 2 aliphatic rings. The van der Waals surface area contributed by atoms with Crippen LogP contribution in [0.1, 0.15) is 56.4 Å². The van der Waals surface area contributed by atoms with Crippen LogP contribution in [-0.4, -0.2) is 39.4 Å². The number of likely N-dealkylation sites (tertiary alicyclic amines) is 1. The van der Waals surface area contributed by atoms with E-state index in [9.17, 15) is 4.79 Å². The molecule has 1 saturated heterocycles. The highest BCUT2D eigenvalue weighted by molar-refractivity contribution is 5.91. The Hall–Kier alpha value is -2.57. The lowest BCUT2D eigenvalue weighted by Gasteiger charge is -2.26. The van der Waals surface area contributed by atoms with Crippen molar-refractivity contribution in [2.45, 2.75) is 50.6 Å². The van der Waals surface area contributed by atoms with Gasteiger partial charge in [-0.3, -0.25) is 0 Å². The van der Waals surface area contributed by atoms with Crippen molar-refractivity contribution in [3.8, 4) is 5.75 Å². The van der Waals surface area contributed by atoms with Crippen LogP contribution in [0, 0.1) is 0 Å². The molecule has 1 aromatic carbocycles. The first-order valence-corrected chi connectivity index (χ1v) is 9.38.